The molecule has 0 aliphatic heterocycles. The Morgan fingerprint density at radius 2 is 1.90 bits per heavy atom. The first-order chi connectivity index (χ1) is 9.72. The van der Waals surface area contributed by atoms with Crippen molar-refractivity contribution in [1.82, 2.24) is 5.32 Å². The molecule has 1 N–H and O–H groups in total. The summed E-state index contributed by atoms with van der Waals surface area (Å²) in [7, 11) is 1.90. The highest BCUT2D eigenvalue weighted by molar-refractivity contribution is 5.33. The molecular weight excluding hydrogens is 254 g/mol. The van der Waals surface area contributed by atoms with Gasteiger partial charge in [0, 0.05) is 11.6 Å². The summed E-state index contributed by atoms with van der Waals surface area (Å²) in [5.74, 6) is 3.44. The van der Waals surface area contributed by atoms with E-state index in [1.165, 1.54) is 0 Å². The molecule has 108 valence electrons. The number of nitrogens with one attached hydrogen (secondary N) is 1. The van der Waals surface area contributed by atoms with Gasteiger partial charge < -0.3 is 19.2 Å². The van der Waals surface area contributed by atoms with Crippen molar-refractivity contribution >= 4 is 0 Å². The Bertz CT molecular complexity index is 548. The summed E-state index contributed by atoms with van der Waals surface area (Å²) in [4.78, 5) is 0. The molecule has 0 atom stereocenters. The molecule has 4 heteroatoms. The van der Waals surface area contributed by atoms with Crippen molar-refractivity contribution < 1.29 is 13.9 Å². The van der Waals surface area contributed by atoms with Crippen LogP contribution in [0.4, 0.5) is 0 Å². The van der Waals surface area contributed by atoms with Crippen molar-refractivity contribution in [3.05, 3.63) is 47.4 Å². The van der Waals surface area contributed by atoms with Crippen molar-refractivity contribution in [2.24, 2.45) is 0 Å². The first-order valence-electron chi connectivity index (χ1n) is 6.81. The van der Waals surface area contributed by atoms with E-state index < -0.39 is 0 Å². The molecule has 0 aliphatic carbocycles. The lowest BCUT2D eigenvalue weighted by Gasteiger charge is -2.07. The molecule has 0 bridgehead atoms. The maximum atomic E-state index is 5.79. The lowest BCUT2D eigenvalue weighted by molar-refractivity contribution is 0.297. The molecule has 0 fully saturated rings. The summed E-state index contributed by atoms with van der Waals surface area (Å²) in [5.41, 5.74) is 1.07. The lowest BCUT2D eigenvalue weighted by Crippen LogP contribution is -2.03. The summed E-state index contributed by atoms with van der Waals surface area (Å²) < 4.78 is 16.9. The number of hydrogen-bond donors (Lipinski definition) is 1. The molecule has 0 aliphatic rings. The molecule has 2 aromatic rings. The van der Waals surface area contributed by atoms with Gasteiger partial charge in [0.05, 0.1) is 13.2 Å². The Kier molecular flexibility index (Phi) is 5.07. The second kappa shape index (κ2) is 7.01. The van der Waals surface area contributed by atoms with E-state index in [4.69, 9.17) is 13.9 Å². The van der Waals surface area contributed by atoms with Crippen LogP contribution in [0.2, 0.25) is 0 Å². The summed E-state index contributed by atoms with van der Waals surface area (Å²) in [6.07, 6.45) is 0. The van der Waals surface area contributed by atoms with Gasteiger partial charge in [-0.15, -0.1) is 0 Å². The number of aryl methyl sites for hydroxylation is 1. The summed E-state index contributed by atoms with van der Waals surface area (Å²) >= 11 is 0. The Morgan fingerprint density at radius 3 is 2.60 bits per heavy atom. The van der Waals surface area contributed by atoms with Crippen LogP contribution in [0.25, 0.3) is 0 Å². The van der Waals surface area contributed by atoms with E-state index in [0.29, 0.717) is 13.2 Å². The fourth-order valence-corrected chi connectivity index (χ4v) is 1.97. The monoisotopic (exact) mass is 275 g/mol. The SMILES string of the molecule is CCOc1cccc(OCc2cc(CNC)oc2C)c1. The number of furan rings is 1. The third kappa shape index (κ3) is 3.78. The van der Waals surface area contributed by atoms with Gasteiger partial charge in [-0.3, -0.25) is 0 Å². The van der Waals surface area contributed by atoms with Crippen LogP contribution in [0.5, 0.6) is 11.5 Å². The predicted octanol–water partition coefficient (Wildman–Crippen LogP) is 3.29. The topological polar surface area (TPSA) is 43.6 Å². The van der Waals surface area contributed by atoms with Crippen LogP contribution in [0.1, 0.15) is 24.0 Å². The van der Waals surface area contributed by atoms with Crippen LogP contribution < -0.4 is 14.8 Å². The maximum Gasteiger partial charge on any atom is 0.123 e. The molecule has 1 aromatic heterocycles. The zero-order chi connectivity index (χ0) is 14.4. The molecule has 0 radical (unpaired) electrons. The smallest absolute Gasteiger partial charge is 0.123 e. The first kappa shape index (κ1) is 14.5. The average molecular weight is 275 g/mol. The summed E-state index contributed by atoms with van der Waals surface area (Å²) in [6.45, 7) is 5.78. The molecule has 0 amide bonds. The van der Waals surface area contributed by atoms with Gasteiger partial charge in [0.1, 0.15) is 29.6 Å². The van der Waals surface area contributed by atoms with Crippen molar-refractivity contribution in [3.63, 3.8) is 0 Å². The average Bonchev–Trinajstić information content (AvgIpc) is 2.78. The highest BCUT2D eigenvalue weighted by Crippen LogP contribution is 2.22. The molecular formula is C16H21NO3. The third-order valence-electron chi connectivity index (χ3n) is 2.93. The predicted molar refractivity (Wildman–Crippen MR) is 78.2 cm³/mol. The zero-order valence-electron chi connectivity index (χ0n) is 12.2. The standard InChI is InChI=1S/C16H21NO3/c1-4-18-14-6-5-7-15(9-14)19-11-13-8-16(10-17-3)20-12(13)2/h5-9,17H,4,10-11H2,1-3H3. The lowest BCUT2D eigenvalue weighted by atomic mass is 10.2. The molecule has 4 nitrogen and oxygen atoms in total. The molecule has 0 saturated heterocycles. The van der Waals surface area contributed by atoms with Gasteiger partial charge in [-0.05, 0) is 39.1 Å². The Morgan fingerprint density at radius 1 is 1.15 bits per heavy atom. The Balaban J connectivity index is 1.99. The Labute approximate surface area is 119 Å². The summed E-state index contributed by atoms with van der Waals surface area (Å²) in [5, 5.41) is 3.07. The molecule has 2 rings (SSSR count). The van der Waals surface area contributed by atoms with Crippen LogP contribution in [-0.4, -0.2) is 13.7 Å². The molecule has 1 heterocycles. The van der Waals surface area contributed by atoms with Crippen molar-refractivity contribution in [1.29, 1.82) is 0 Å². The van der Waals surface area contributed by atoms with Crippen molar-refractivity contribution in [2.75, 3.05) is 13.7 Å². The van der Waals surface area contributed by atoms with Crippen LogP contribution in [-0.2, 0) is 13.2 Å². The van der Waals surface area contributed by atoms with Crippen LogP contribution in [0.15, 0.2) is 34.7 Å². The van der Waals surface area contributed by atoms with Gasteiger partial charge in [-0.1, -0.05) is 6.07 Å². The van der Waals surface area contributed by atoms with Gasteiger partial charge in [0.15, 0.2) is 0 Å². The number of benzene rings is 1. The number of hydrogen-bond acceptors (Lipinski definition) is 4. The minimum Gasteiger partial charge on any atom is -0.494 e. The van der Waals surface area contributed by atoms with Crippen molar-refractivity contribution in [2.45, 2.75) is 27.0 Å². The zero-order valence-corrected chi connectivity index (χ0v) is 12.2. The maximum absolute atomic E-state index is 5.79. The second-order valence-electron chi connectivity index (χ2n) is 4.52. The molecule has 0 spiro atoms. The first-order valence-corrected chi connectivity index (χ1v) is 6.81. The minimum absolute atomic E-state index is 0.495. The van der Waals surface area contributed by atoms with E-state index >= 15 is 0 Å². The normalized spacial score (nSPS) is 10.6. The Hall–Kier alpha value is -1.94. The summed E-state index contributed by atoms with van der Waals surface area (Å²) in [6, 6.07) is 9.69. The number of ether oxygens (including phenoxy) is 2. The fourth-order valence-electron chi connectivity index (χ4n) is 1.97. The van der Waals surface area contributed by atoms with E-state index in [1.807, 2.05) is 51.2 Å². The van der Waals surface area contributed by atoms with Gasteiger partial charge in [-0.2, -0.15) is 0 Å². The minimum atomic E-state index is 0.495. The molecule has 1 aromatic carbocycles. The van der Waals surface area contributed by atoms with E-state index in [0.717, 1.165) is 35.1 Å². The van der Waals surface area contributed by atoms with Crippen LogP contribution in [0, 0.1) is 6.92 Å². The van der Waals surface area contributed by atoms with E-state index in [2.05, 4.69) is 5.32 Å². The van der Waals surface area contributed by atoms with E-state index in [1.54, 1.807) is 0 Å². The van der Waals surface area contributed by atoms with Gasteiger partial charge in [-0.25, -0.2) is 0 Å². The highest BCUT2D eigenvalue weighted by atomic mass is 16.5. The van der Waals surface area contributed by atoms with Gasteiger partial charge in [0.25, 0.3) is 0 Å². The second-order valence-corrected chi connectivity index (χ2v) is 4.52. The molecule has 20 heavy (non-hydrogen) atoms. The molecule has 0 saturated carbocycles. The number of rotatable bonds is 7. The molecule has 0 unspecified atom stereocenters. The van der Waals surface area contributed by atoms with E-state index in [9.17, 15) is 0 Å². The largest absolute Gasteiger partial charge is 0.494 e. The highest BCUT2D eigenvalue weighted by Gasteiger charge is 2.08. The van der Waals surface area contributed by atoms with Crippen LogP contribution >= 0.6 is 0 Å². The van der Waals surface area contributed by atoms with Crippen molar-refractivity contribution in [3.8, 4) is 11.5 Å². The van der Waals surface area contributed by atoms with Gasteiger partial charge in [0.2, 0.25) is 0 Å². The fraction of sp³-hybridized carbons (Fsp3) is 0.375. The van der Waals surface area contributed by atoms with Crippen LogP contribution in [0.3, 0.4) is 0 Å². The third-order valence-corrected chi connectivity index (χ3v) is 2.93. The van der Waals surface area contributed by atoms with Gasteiger partial charge >= 0.3 is 0 Å². The van der Waals surface area contributed by atoms with E-state index in [-0.39, 0.29) is 0 Å². The quantitative estimate of drug-likeness (QED) is 0.842.